The van der Waals surface area contributed by atoms with Gasteiger partial charge >= 0.3 is 0 Å². The minimum absolute atomic E-state index is 0.125. The van der Waals surface area contributed by atoms with Crippen LogP contribution in [0.1, 0.15) is 12.8 Å². The molecule has 0 amide bonds. The van der Waals surface area contributed by atoms with E-state index in [2.05, 4.69) is 4.72 Å². The number of phenols is 1. The van der Waals surface area contributed by atoms with Crippen molar-refractivity contribution in [2.45, 2.75) is 12.8 Å². The van der Waals surface area contributed by atoms with Gasteiger partial charge < -0.3 is 5.11 Å². The number of hydrogen-bond acceptors (Lipinski definition) is 3. The van der Waals surface area contributed by atoms with Gasteiger partial charge in [-0.2, -0.15) is 0 Å². The quantitative estimate of drug-likeness (QED) is 0.767. The molecule has 1 saturated carbocycles. The fraction of sp³-hybridized carbons (Fsp3) is 0.400. The number of anilines is 1. The van der Waals surface area contributed by atoms with Crippen molar-refractivity contribution in [3.63, 3.8) is 0 Å². The van der Waals surface area contributed by atoms with E-state index >= 15 is 0 Å². The van der Waals surface area contributed by atoms with Crippen LogP contribution in [0.25, 0.3) is 0 Å². The maximum absolute atomic E-state index is 11.6. The van der Waals surface area contributed by atoms with E-state index in [0.29, 0.717) is 11.6 Å². The van der Waals surface area contributed by atoms with Crippen molar-refractivity contribution >= 4 is 15.7 Å². The lowest BCUT2D eigenvalue weighted by Crippen LogP contribution is -2.17. The number of rotatable bonds is 4. The first kappa shape index (κ1) is 10.3. The molecule has 0 radical (unpaired) electrons. The highest BCUT2D eigenvalue weighted by atomic mass is 32.2. The Balaban J connectivity index is 2.03. The smallest absolute Gasteiger partial charge is 0.232 e. The van der Waals surface area contributed by atoms with Gasteiger partial charge in [0.25, 0.3) is 0 Å². The normalized spacial score (nSPS) is 16.3. The number of sulfonamides is 1. The minimum Gasteiger partial charge on any atom is -0.508 e. The molecule has 2 N–H and O–H groups in total. The zero-order valence-corrected chi connectivity index (χ0v) is 9.00. The van der Waals surface area contributed by atoms with E-state index in [-0.39, 0.29) is 11.5 Å². The zero-order valence-electron chi connectivity index (χ0n) is 8.18. The topological polar surface area (TPSA) is 66.4 Å². The molecule has 5 heteroatoms. The highest BCUT2D eigenvalue weighted by Crippen LogP contribution is 2.30. The molecule has 1 fully saturated rings. The summed E-state index contributed by atoms with van der Waals surface area (Å²) in [5, 5.41) is 9.03. The fourth-order valence-electron chi connectivity index (χ4n) is 1.35. The Bertz CT molecular complexity index is 434. The maximum atomic E-state index is 11.6. The van der Waals surface area contributed by atoms with E-state index in [1.165, 1.54) is 12.1 Å². The molecule has 0 atom stereocenters. The first-order chi connectivity index (χ1) is 7.05. The van der Waals surface area contributed by atoms with Crippen LogP contribution in [0, 0.1) is 5.92 Å². The van der Waals surface area contributed by atoms with E-state index in [1.54, 1.807) is 12.1 Å². The first-order valence-corrected chi connectivity index (χ1v) is 6.50. The molecular formula is C10H13NO3S. The summed E-state index contributed by atoms with van der Waals surface area (Å²) in [4.78, 5) is 0. The first-order valence-electron chi connectivity index (χ1n) is 4.85. The Kier molecular flexibility index (Phi) is 2.56. The molecule has 0 aromatic heterocycles. The van der Waals surface area contributed by atoms with Crippen LogP contribution in [-0.4, -0.2) is 19.3 Å². The third-order valence-electron chi connectivity index (χ3n) is 2.29. The van der Waals surface area contributed by atoms with Crippen molar-refractivity contribution < 1.29 is 13.5 Å². The van der Waals surface area contributed by atoms with Crippen molar-refractivity contribution in [2.24, 2.45) is 5.92 Å². The van der Waals surface area contributed by atoms with E-state index in [0.717, 1.165) is 12.8 Å². The van der Waals surface area contributed by atoms with E-state index in [4.69, 9.17) is 5.11 Å². The van der Waals surface area contributed by atoms with Gasteiger partial charge in [-0.25, -0.2) is 8.42 Å². The summed E-state index contributed by atoms with van der Waals surface area (Å²) in [6.07, 6.45) is 2.02. The Morgan fingerprint density at radius 1 is 1.27 bits per heavy atom. The standard InChI is InChI=1S/C10H13NO3S/c12-10-5-3-9(4-6-10)11-15(13,14)7-8-1-2-8/h3-6,8,11-12H,1-2,7H2. The van der Waals surface area contributed by atoms with Gasteiger partial charge in [0.05, 0.1) is 5.75 Å². The van der Waals surface area contributed by atoms with Crippen molar-refractivity contribution in [1.29, 1.82) is 0 Å². The molecule has 1 aromatic rings. The predicted octanol–water partition coefficient (Wildman–Crippen LogP) is 1.54. The number of hydrogen-bond donors (Lipinski definition) is 2. The van der Waals surface area contributed by atoms with Crippen LogP contribution in [-0.2, 0) is 10.0 Å². The number of nitrogens with one attached hydrogen (secondary N) is 1. The molecule has 0 heterocycles. The van der Waals surface area contributed by atoms with Crippen LogP contribution in [0.15, 0.2) is 24.3 Å². The lowest BCUT2D eigenvalue weighted by Gasteiger charge is -2.06. The lowest BCUT2D eigenvalue weighted by molar-refractivity contribution is 0.475. The van der Waals surface area contributed by atoms with Gasteiger partial charge in [0.15, 0.2) is 0 Å². The summed E-state index contributed by atoms with van der Waals surface area (Å²) in [5.74, 6) is 0.660. The lowest BCUT2D eigenvalue weighted by atomic mass is 10.3. The summed E-state index contributed by atoms with van der Waals surface area (Å²) in [5.41, 5.74) is 0.494. The van der Waals surface area contributed by atoms with Gasteiger partial charge in [-0.1, -0.05) is 0 Å². The van der Waals surface area contributed by atoms with Crippen molar-refractivity contribution in [3.8, 4) is 5.75 Å². The summed E-state index contributed by atoms with van der Waals surface area (Å²) in [7, 11) is -3.22. The summed E-state index contributed by atoms with van der Waals surface area (Å²) in [6.45, 7) is 0. The number of phenolic OH excluding ortho intramolecular Hbond substituents is 1. The van der Waals surface area contributed by atoms with Gasteiger partial charge in [-0.3, -0.25) is 4.72 Å². The number of aromatic hydroxyl groups is 1. The van der Waals surface area contributed by atoms with Gasteiger partial charge in [0, 0.05) is 5.69 Å². The average Bonchev–Trinajstić information content (AvgIpc) is 2.91. The molecule has 2 rings (SSSR count). The zero-order chi connectivity index (χ0) is 10.9. The SMILES string of the molecule is O=S(=O)(CC1CC1)Nc1ccc(O)cc1. The molecule has 15 heavy (non-hydrogen) atoms. The second-order valence-electron chi connectivity index (χ2n) is 3.87. The van der Waals surface area contributed by atoms with Crippen LogP contribution in [0.2, 0.25) is 0 Å². The number of benzene rings is 1. The molecule has 1 aromatic carbocycles. The second kappa shape index (κ2) is 3.73. The second-order valence-corrected chi connectivity index (χ2v) is 5.64. The van der Waals surface area contributed by atoms with E-state index in [9.17, 15) is 8.42 Å². The maximum Gasteiger partial charge on any atom is 0.232 e. The monoisotopic (exact) mass is 227 g/mol. The molecule has 0 spiro atoms. The van der Waals surface area contributed by atoms with E-state index < -0.39 is 10.0 Å². The van der Waals surface area contributed by atoms with Gasteiger partial charge in [-0.15, -0.1) is 0 Å². The Labute approximate surface area is 89.0 Å². The van der Waals surface area contributed by atoms with Crippen LogP contribution in [0.5, 0.6) is 5.75 Å². The fourth-order valence-corrected chi connectivity index (χ4v) is 2.88. The van der Waals surface area contributed by atoms with Crippen molar-refractivity contribution in [3.05, 3.63) is 24.3 Å². The van der Waals surface area contributed by atoms with Crippen LogP contribution >= 0.6 is 0 Å². The van der Waals surface area contributed by atoms with Crippen LogP contribution in [0.4, 0.5) is 5.69 Å². The largest absolute Gasteiger partial charge is 0.508 e. The van der Waals surface area contributed by atoms with Crippen molar-refractivity contribution in [1.82, 2.24) is 0 Å². The molecule has 0 unspecified atom stereocenters. The Morgan fingerprint density at radius 2 is 1.87 bits per heavy atom. The van der Waals surface area contributed by atoms with Crippen molar-refractivity contribution in [2.75, 3.05) is 10.5 Å². The Morgan fingerprint density at radius 3 is 2.40 bits per heavy atom. The summed E-state index contributed by atoms with van der Waals surface area (Å²) in [6, 6.07) is 5.99. The predicted molar refractivity (Wildman–Crippen MR) is 58.2 cm³/mol. The molecule has 0 saturated heterocycles. The molecule has 4 nitrogen and oxygen atoms in total. The summed E-state index contributed by atoms with van der Waals surface area (Å²) < 4.78 is 25.6. The minimum atomic E-state index is -3.22. The van der Waals surface area contributed by atoms with Gasteiger partial charge in [0.2, 0.25) is 10.0 Å². The van der Waals surface area contributed by atoms with Crippen LogP contribution < -0.4 is 4.72 Å². The molecule has 82 valence electrons. The third kappa shape index (κ3) is 3.13. The molecule has 0 aliphatic heterocycles. The molecule has 1 aliphatic carbocycles. The Hall–Kier alpha value is -1.23. The summed E-state index contributed by atoms with van der Waals surface area (Å²) >= 11 is 0. The van der Waals surface area contributed by atoms with Gasteiger partial charge in [-0.05, 0) is 43.0 Å². The highest BCUT2D eigenvalue weighted by Gasteiger charge is 2.27. The molecule has 0 bridgehead atoms. The van der Waals surface area contributed by atoms with Crippen LogP contribution in [0.3, 0.4) is 0 Å². The van der Waals surface area contributed by atoms with E-state index in [1.807, 2.05) is 0 Å². The average molecular weight is 227 g/mol. The highest BCUT2D eigenvalue weighted by molar-refractivity contribution is 7.92. The van der Waals surface area contributed by atoms with Gasteiger partial charge in [0.1, 0.15) is 5.75 Å². The third-order valence-corrected chi connectivity index (χ3v) is 3.75. The molecule has 1 aliphatic rings. The molecular weight excluding hydrogens is 214 g/mol.